The zero-order valence-electron chi connectivity index (χ0n) is 17.4. The minimum absolute atomic E-state index is 0.251. The third-order valence-electron chi connectivity index (χ3n) is 4.60. The molecule has 3 aromatic rings. The fourth-order valence-electron chi connectivity index (χ4n) is 2.89. The predicted octanol–water partition coefficient (Wildman–Crippen LogP) is 5.32. The van der Waals surface area contributed by atoms with Crippen LogP contribution in [0.15, 0.2) is 66.7 Å². The van der Waals surface area contributed by atoms with Crippen molar-refractivity contribution in [1.82, 2.24) is 0 Å². The number of hydrogen-bond donors (Lipinski definition) is 2. The summed E-state index contributed by atoms with van der Waals surface area (Å²) >= 11 is 5.95. The van der Waals surface area contributed by atoms with Crippen LogP contribution in [0.4, 0.5) is 11.4 Å². The molecular weight excluding hydrogens is 416 g/mol. The maximum atomic E-state index is 12.5. The van der Waals surface area contributed by atoms with Gasteiger partial charge >= 0.3 is 0 Å². The van der Waals surface area contributed by atoms with Crippen LogP contribution in [0, 0.1) is 6.92 Å². The van der Waals surface area contributed by atoms with Gasteiger partial charge in [-0.3, -0.25) is 9.59 Å². The van der Waals surface area contributed by atoms with Crippen LogP contribution in [0.3, 0.4) is 0 Å². The van der Waals surface area contributed by atoms with Crippen LogP contribution in [0.5, 0.6) is 11.5 Å². The first-order valence-corrected chi connectivity index (χ1v) is 10.0. The molecule has 2 N–H and O–H groups in total. The van der Waals surface area contributed by atoms with Gasteiger partial charge in [-0.05, 0) is 74.0 Å². The van der Waals surface area contributed by atoms with E-state index in [0.29, 0.717) is 33.5 Å². The Kier molecular flexibility index (Phi) is 7.15. The second-order valence-corrected chi connectivity index (χ2v) is 7.32. The monoisotopic (exact) mass is 438 g/mol. The third-order valence-corrected chi connectivity index (χ3v) is 4.84. The smallest absolute Gasteiger partial charge is 0.265 e. The molecule has 3 rings (SSSR count). The lowest BCUT2D eigenvalue weighted by Gasteiger charge is -2.16. The lowest BCUT2D eigenvalue weighted by atomic mass is 10.1. The number of carbonyl (C=O) groups is 2. The molecule has 6 nitrogen and oxygen atoms in total. The number of anilines is 2. The molecule has 0 aliphatic rings. The molecule has 0 aliphatic heterocycles. The van der Waals surface area contributed by atoms with E-state index < -0.39 is 6.10 Å². The van der Waals surface area contributed by atoms with Gasteiger partial charge in [0.2, 0.25) is 0 Å². The van der Waals surface area contributed by atoms with Gasteiger partial charge in [0, 0.05) is 16.3 Å². The number of carbonyl (C=O) groups excluding carboxylic acids is 2. The molecule has 160 valence electrons. The minimum atomic E-state index is -0.749. The molecule has 3 aromatic carbocycles. The van der Waals surface area contributed by atoms with E-state index in [0.717, 1.165) is 5.56 Å². The average molecular weight is 439 g/mol. The normalized spacial score (nSPS) is 11.4. The van der Waals surface area contributed by atoms with Crippen molar-refractivity contribution in [3.63, 3.8) is 0 Å². The second kappa shape index (κ2) is 10.00. The molecule has 1 unspecified atom stereocenters. The van der Waals surface area contributed by atoms with E-state index in [1.807, 2.05) is 13.0 Å². The molecule has 0 radical (unpaired) electrons. The molecule has 2 amide bonds. The van der Waals surface area contributed by atoms with Gasteiger partial charge in [-0.1, -0.05) is 23.7 Å². The summed E-state index contributed by atoms with van der Waals surface area (Å²) in [5.74, 6) is 0.472. The van der Waals surface area contributed by atoms with Crippen molar-refractivity contribution in [2.45, 2.75) is 20.0 Å². The van der Waals surface area contributed by atoms with Crippen LogP contribution in [0.2, 0.25) is 5.02 Å². The summed E-state index contributed by atoms with van der Waals surface area (Å²) in [5, 5.41) is 6.25. The van der Waals surface area contributed by atoms with Gasteiger partial charge in [-0.2, -0.15) is 0 Å². The highest BCUT2D eigenvalue weighted by molar-refractivity contribution is 6.30. The van der Waals surface area contributed by atoms with E-state index in [1.54, 1.807) is 67.6 Å². The molecule has 1 atom stereocenters. The van der Waals surface area contributed by atoms with E-state index >= 15 is 0 Å². The molecule has 0 spiro atoms. The van der Waals surface area contributed by atoms with Gasteiger partial charge in [-0.25, -0.2) is 0 Å². The van der Waals surface area contributed by atoms with Crippen LogP contribution < -0.4 is 20.1 Å². The summed E-state index contributed by atoms with van der Waals surface area (Å²) in [6, 6.07) is 19.0. The highest BCUT2D eigenvalue weighted by Gasteiger charge is 2.17. The summed E-state index contributed by atoms with van der Waals surface area (Å²) in [6.07, 6.45) is -0.749. The first-order chi connectivity index (χ1) is 14.9. The van der Waals surface area contributed by atoms with E-state index in [-0.39, 0.29) is 11.8 Å². The number of benzene rings is 3. The molecule has 0 aromatic heterocycles. The lowest BCUT2D eigenvalue weighted by Crippen LogP contribution is -2.30. The number of amides is 2. The number of para-hydroxylation sites is 2. The van der Waals surface area contributed by atoms with Crippen LogP contribution in [-0.4, -0.2) is 25.0 Å². The largest absolute Gasteiger partial charge is 0.495 e. The minimum Gasteiger partial charge on any atom is -0.495 e. The van der Waals surface area contributed by atoms with Gasteiger partial charge in [0.15, 0.2) is 6.10 Å². The van der Waals surface area contributed by atoms with E-state index in [1.165, 1.54) is 7.11 Å². The van der Waals surface area contributed by atoms with Gasteiger partial charge in [0.1, 0.15) is 11.5 Å². The zero-order chi connectivity index (χ0) is 22.4. The highest BCUT2D eigenvalue weighted by atomic mass is 35.5. The van der Waals surface area contributed by atoms with Crippen LogP contribution >= 0.6 is 11.6 Å². The molecule has 7 heteroatoms. The fourth-order valence-corrected chi connectivity index (χ4v) is 3.11. The topological polar surface area (TPSA) is 76.7 Å². The van der Waals surface area contributed by atoms with Crippen molar-refractivity contribution in [3.8, 4) is 11.5 Å². The Labute approximate surface area is 186 Å². The van der Waals surface area contributed by atoms with E-state index in [9.17, 15) is 9.59 Å². The van der Waals surface area contributed by atoms with Crippen molar-refractivity contribution >= 4 is 34.8 Å². The lowest BCUT2D eigenvalue weighted by molar-refractivity contribution is -0.122. The number of methoxy groups -OCH3 is 1. The SMILES string of the molecule is COc1ccccc1NC(=O)C(C)Oc1ccc(C(=O)Nc2ccc(Cl)cc2C)cc1. The van der Waals surface area contributed by atoms with Crippen LogP contribution in [-0.2, 0) is 4.79 Å². The number of halogens is 1. The van der Waals surface area contributed by atoms with Crippen LogP contribution in [0.25, 0.3) is 0 Å². The van der Waals surface area contributed by atoms with Crippen molar-refractivity contribution in [3.05, 3.63) is 82.9 Å². The molecule has 0 saturated heterocycles. The third kappa shape index (κ3) is 5.77. The highest BCUT2D eigenvalue weighted by Crippen LogP contribution is 2.24. The molecular formula is C24H23ClN2O4. The van der Waals surface area contributed by atoms with Crippen LogP contribution in [0.1, 0.15) is 22.8 Å². The number of hydrogen-bond acceptors (Lipinski definition) is 4. The maximum absolute atomic E-state index is 12.5. The summed E-state index contributed by atoms with van der Waals surface area (Å²) < 4.78 is 10.9. The number of ether oxygens (including phenoxy) is 2. The zero-order valence-corrected chi connectivity index (χ0v) is 18.2. The Bertz CT molecular complexity index is 1080. The Morgan fingerprint density at radius 2 is 1.65 bits per heavy atom. The number of nitrogens with one attached hydrogen (secondary N) is 2. The van der Waals surface area contributed by atoms with Gasteiger partial charge in [0.05, 0.1) is 12.8 Å². The maximum Gasteiger partial charge on any atom is 0.265 e. The summed E-state index contributed by atoms with van der Waals surface area (Å²) in [4.78, 5) is 24.9. The van der Waals surface area contributed by atoms with Gasteiger partial charge in [-0.15, -0.1) is 0 Å². The van der Waals surface area contributed by atoms with Crippen molar-refractivity contribution in [2.24, 2.45) is 0 Å². The summed E-state index contributed by atoms with van der Waals surface area (Å²) in [6.45, 7) is 3.52. The van der Waals surface area contributed by atoms with Crippen molar-refractivity contribution in [1.29, 1.82) is 0 Å². The Morgan fingerprint density at radius 3 is 2.32 bits per heavy atom. The van der Waals surface area contributed by atoms with Crippen molar-refractivity contribution < 1.29 is 19.1 Å². The Morgan fingerprint density at radius 1 is 0.935 bits per heavy atom. The summed E-state index contributed by atoms with van der Waals surface area (Å²) in [5.41, 5.74) is 2.59. The fraction of sp³-hybridized carbons (Fsp3) is 0.167. The van der Waals surface area contributed by atoms with Gasteiger partial charge < -0.3 is 20.1 Å². The molecule has 0 bridgehead atoms. The predicted molar refractivity (Wildman–Crippen MR) is 122 cm³/mol. The van der Waals surface area contributed by atoms with Crippen molar-refractivity contribution in [2.75, 3.05) is 17.7 Å². The number of aryl methyl sites for hydroxylation is 1. The molecule has 31 heavy (non-hydrogen) atoms. The summed E-state index contributed by atoms with van der Waals surface area (Å²) in [7, 11) is 1.54. The molecule has 0 fully saturated rings. The second-order valence-electron chi connectivity index (χ2n) is 6.89. The molecule has 0 saturated carbocycles. The number of rotatable bonds is 7. The Hall–Kier alpha value is -3.51. The van der Waals surface area contributed by atoms with Gasteiger partial charge in [0.25, 0.3) is 11.8 Å². The molecule has 0 aliphatic carbocycles. The first kappa shape index (κ1) is 22.2. The average Bonchev–Trinajstić information content (AvgIpc) is 2.76. The van der Waals surface area contributed by atoms with E-state index in [4.69, 9.17) is 21.1 Å². The standard InChI is InChI=1S/C24H23ClN2O4/c1-15-14-18(25)10-13-20(15)26-24(29)17-8-11-19(12-9-17)31-16(2)23(28)27-21-6-4-5-7-22(21)30-3/h4-14,16H,1-3H3,(H,26,29)(H,27,28). The van der Waals surface area contributed by atoms with E-state index in [2.05, 4.69) is 10.6 Å². The quantitative estimate of drug-likeness (QED) is 0.523. The molecule has 0 heterocycles. The first-order valence-electron chi connectivity index (χ1n) is 9.65. The Balaban J connectivity index is 1.60.